The number of aromatic nitrogens is 2. The molecule has 0 radical (unpaired) electrons. The molecular weight excluding hydrogens is 264 g/mol. The summed E-state index contributed by atoms with van der Waals surface area (Å²) in [5.74, 6) is -0.487. The average Bonchev–Trinajstić information content (AvgIpc) is 3.07. The van der Waals surface area contributed by atoms with Crippen LogP contribution in [0.25, 0.3) is 0 Å². The van der Waals surface area contributed by atoms with Gasteiger partial charge < -0.3 is 10.1 Å². The number of aryl methyl sites for hydroxylation is 1. The number of hydrogen-bond acceptors (Lipinski definition) is 5. The van der Waals surface area contributed by atoms with Crippen LogP contribution in [0, 0.1) is 10.1 Å². The highest BCUT2D eigenvalue weighted by Gasteiger charge is 2.30. The van der Waals surface area contributed by atoms with Crippen LogP contribution in [0.5, 0.6) is 0 Å². The molecule has 1 aliphatic heterocycles. The van der Waals surface area contributed by atoms with Crippen LogP contribution in [0.1, 0.15) is 37.2 Å². The maximum Gasteiger partial charge on any atom is 0.320 e. The third kappa shape index (κ3) is 2.79. The molecule has 2 heterocycles. The first-order valence-electron chi connectivity index (χ1n) is 6.67. The fourth-order valence-corrected chi connectivity index (χ4v) is 2.35. The minimum atomic E-state index is -0.592. The average molecular weight is 282 g/mol. The Morgan fingerprint density at radius 3 is 3.05 bits per heavy atom. The Morgan fingerprint density at radius 2 is 2.50 bits per heavy atom. The lowest BCUT2D eigenvalue weighted by Gasteiger charge is -2.19. The molecule has 1 saturated heterocycles. The highest BCUT2D eigenvalue weighted by Crippen LogP contribution is 2.19. The molecule has 8 nitrogen and oxygen atoms in total. The van der Waals surface area contributed by atoms with Gasteiger partial charge in [-0.2, -0.15) is 5.10 Å². The van der Waals surface area contributed by atoms with E-state index in [9.17, 15) is 14.9 Å². The van der Waals surface area contributed by atoms with E-state index in [4.69, 9.17) is 4.74 Å². The minimum Gasteiger partial charge on any atom is -0.376 e. The van der Waals surface area contributed by atoms with Gasteiger partial charge in [0.05, 0.1) is 17.1 Å². The molecule has 1 aromatic rings. The molecule has 20 heavy (non-hydrogen) atoms. The molecule has 1 fully saturated rings. The van der Waals surface area contributed by atoms with Crippen molar-refractivity contribution in [3.05, 3.63) is 22.0 Å². The maximum absolute atomic E-state index is 12.2. The van der Waals surface area contributed by atoms with Gasteiger partial charge in [0, 0.05) is 13.2 Å². The maximum atomic E-state index is 12.2. The largest absolute Gasteiger partial charge is 0.376 e. The van der Waals surface area contributed by atoms with Gasteiger partial charge in [-0.15, -0.1) is 0 Å². The van der Waals surface area contributed by atoms with Crippen LogP contribution in [0.15, 0.2) is 6.20 Å². The van der Waals surface area contributed by atoms with E-state index < -0.39 is 10.8 Å². The van der Waals surface area contributed by atoms with Gasteiger partial charge in [0.1, 0.15) is 6.20 Å². The quantitative estimate of drug-likeness (QED) is 0.644. The minimum absolute atomic E-state index is 0.0117. The molecule has 1 amide bonds. The van der Waals surface area contributed by atoms with Crippen molar-refractivity contribution in [2.75, 3.05) is 6.61 Å². The number of carbonyl (C=O) groups is 1. The molecule has 0 unspecified atom stereocenters. The Balaban J connectivity index is 2.15. The molecule has 1 N–H and O–H groups in total. The third-order valence-electron chi connectivity index (χ3n) is 3.41. The van der Waals surface area contributed by atoms with Crippen molar-refractivity contribution in [2.45, 2.75) is 45.4 Å². The zero-order chi connectivity index (χ0) is 14.7. The van der Waals surface area contributed by atoms with Crippen molar-refractivity contribution in [3.63, 3.8) is 0 Å². The fraction of sp³-hybridized carbons (Fsp3) is 0.667. The molecule has 1 aromatic heterocycles. The number of nitrogens with one attached hydrogen (secondary N) is 1. The molecule has 8 heteroatoms. The smallest absolute Gasteiger partial charge is 0.320 e. The molecule has 0 aromatic carbocycles. The number of ether oxygens (including phenoxy) is 1. The zero-order valence-electron chi connectivity index (χ0n) is 11.5. The summed E-state index contributed by atoms with van der Waals surface area (Å²) in [6.45, 7) is 4.70. The summed E-state index contributed by atoms with van der Waals surface area (Å²) in [7, 11) is 0. The second-order valence-corrected chi connectivity index (χ2v) is 4.76. The molecule has 0 saturated carbocycles. The van der Waals surface area contributed by atoms with Crippen molar-refractivity contribution in [3.8, 4) is 0 Å². The second kappa shape index (κ2) is 6.00. The number of nitrogens with zero attached hydrogens (tertiary/aromatic N) is 3. The third-order valence-corrected chi connectivity index (χ3v) is 3.41. The number of amides is 1. The van der Waals surface area contributed by atoms with Crippen molar-refractivity contribution in [2.24, 2.45) is 0 Å². The van der Waals surface area contributed by atoms with E-state index in [1.807, 2.05) is 6.92 Å². The van der Waals surface area contributed by atoms with Crippen molar-refractivity contribution in [1.82, 2.24) is 15.1 Å². The van der Waals surface area contributed by atoms with E-state index in [0.29, 0.717) is 13.2 Å². The van der Waals surface area contributed by atoms with Crippen LogP contribution >= 0.6 is 0 Å². The van der Waals surface area contributed by atoms with Crippen molar-refractivity contribution >= 4 is 11.6 Å². The summed E-state index contributed by atoms with van der Waals surface area (Å²) in [4.78, 5) is 22.6. The first-order valence-corrected chi connectivity index (χ1v) is 6.67. The fourth-order valence-electron chi connectivity index (χ4n) is 2.35. The summed E-state index contributed by atoms with van der Waals surface area (Å²) < 4.78 is 6.83. The van der Waals surface area contributed by atoms with Gasteiger partial charge in [0.15, 0.2) is 0 Å². The van der Waals surface area contributed by atoms with Gasteiger partial charge in [0.2, 0.25) is 5.69 Å². The molecule has 1 aliphatic rings. The van der Waals surface area contributed by atoms with E-state index >= 15 is 0 Å². The molecular formula is C12H18N4O4. The van der Waals surface area contributed by atoms with Gasteiger partial charge in [-0.25, -0.2) is 0 Å². The van der Waals surface area contributed by atoms with Crippen molar-refractivity contribution < 1.29 is 14.5 Å². The first kappa shape index (κ1) is 14.4. The molecule has 2 atom stereocenters. The van der Waals surface area contributed by atoms with Crippen LogP contribution in [0.4, 0.5) is 5.69 Å². The predicted molar refractivity (Wildman–Crippen MR) is 70.5 cm³/mol. The molecule has 2 rings (SSSR count). The summed E-state index contributed by atoms with van der Waals surface area (Å²) >= 11 is 0. The first-order chi connectivity index (χ1) is 9.54. The van der Waals surface area contributed by atoms with Crippen LogP contribution in [-0.4, -0.2) is 39.4 Å². The summed E-state index contributed by atoms with van der Waals surface area (Å²) in [5.41, 5.74) is -0.286. The summed E-state index contributed by atoms with van der Waals surface area (Å²) in [6.07, 6.45) is 2.93. The predicted octanol–water partition coefficient (Wildman–Crippen LogP) is 1.11. The van der Waals surface area contributed by atoms with Gasteiger partial charge in [0.25, 0.3) is 5.91 Å². The van der Waals surface area contributed by atoms with E-state index in [-0.39, 0.29) is 23.5 Å². The Labute approximate surface area is 116 Å². The van der Waals surface area contributed by atoms with E-state index in [0.717, 1.165) is 19.0 Å². The normalized spacial score (nSPS) is 19.8. The van der Waals surface area contributed by atoms with Crippen LogP contribution in [0.3, 0.4) is 0 Å². The highest BCUT2D eigenvalue weighted by molar-refractivity contribution is 5.96. The van der Waals surface area contributed by atoms with E-state index in [2.05, 4.69) is 10.4 Å². The van der Waals surface area contributed by atoms with Crippen molar-refractivity contribution in [1.29, 1.82) is 0 Å². The monoisotopic (exact) mass is 282 g/mol. The van der Waals surface area contributed by atoms with E-state index in [1.165, 1.54) is 4.68 Å². The Morgan fingerprint density at radius 1 is 1.75 bits per heavy atom. The lowest BCUT2D eigenvalue weighted by atomic mass is 10.1. The zero-order valence-corrected chi connectivity index (χ0v) is 11.5. The Hall–Kier alpha value is -1.96. The topological polar surface area (TPSA) is 99.3 Å². The van der Waals surface area contributed by atoms with Crippen LogP contribution < -0.4 is 5.32 Å². The number of hydrogen-bond donors (Lipinski definition) is 1. The highest BCUT2D eigenvalue weighted by atomic mass is 16.6. The van der Waals surface area contributed by atoms with Gasteiger partial charge in [-0.05, 0) is 26.7 Å². The van der Waals surface area contributed by atoms with Crippen LogP contribution in [0.2, 0.25) is 0 Å². The number of nitro groups is 1. The Bertz CT molecular complexity index is 508. The van der Waals surface area contributed by atoms with Gasteiger partial charge >= 0.3 is 5.69 Å². The number of carbonyl (C=O) groups excluding carboxylic acids is 1. The van der Waals surface area contributed by atoms with E-state index in [1.54, 1.807) is 6.92 Å². The molecule has 0 spiro atoms. The SMILES string of the molecule is CCn1ncc([N+](=O)[O-])c1C(=O)N[C@H](C)[C@@H]1CCCO1. The summed E-state index contributed by atoms with van der Waals surface area (Å²) in [5, 5.41) is 17.6. The Kier molecular flexibility index (Phi) is 4.33. The number of rotatable bonds is 5. The molecule has 0 aliphatic carbocycles. The molecule has 110 valence electrons. The molecule has 0 bridgehead atoms. The lowest BCUT2D eigenvalue weighted by molar-refractivity contribution is -0.385. The second-order valence-electron chi connectivity index (χ2n) is 4.76. The van der Waals surface area contributed by atoms with Gasteiger partial charge in [-0.3, -0.25) is 19.6 Å². The van der Waals surface area contributed by atoms with Gasteiger partial charge in [-0.1, -0.05) is 0 Å². The van der Waals surface area contributed by atoms with Crippen LogP contribution in [-0.2, 0) is 11.3 Å². The standard InChI is InChI=1S/C12H18N4O4/c1-3-15-11(9(7-13-15)16(18)19)12(17)14-8(2)10-5-4-6-20-10/h7-8,10H,3-6H2,1-2H3,(H,14,17)/t8-,10+/m1/s1. The lowest BCUT2D eigenvalue weighted by Crippen LogP contribution is -2.41. The summed E-state index contributed by atoms with van der Waals surface area (Å²) in [6, 6.07) is -0.190.